The van der Waals surface area contributed by atoms with Crippen molar-refractivity contribution in [2.75, 3.05) is 6.54 Å². The zero-order valence-corrected chi connectivity index (χ0v) is 15.8. The van der Waals surface area contributed by atoms with E-state index < -0.39 is 0 Å². The Morgan fingerprint density at radius 3 is 2.10 bits per heavy atom. The molecule has 0 unspecified atom stereocenters. The Kier molecular flexibility index (Phi) is 15.5. The minimum atomic E-state index is 0.235. The Morgan fingerprint density at radius 2 is 1.62 bits per heavy atom. The summed E-state index contributed by atoms with van der Waals surface area (Å²) in [5, 5.41) is 6.58. The smallest absolute Gasteiger partial charge is 0.223 e. The third-order valence-electron chi connectivity index (χ3n) is 3.39. The van der Waals surface area contributed by atoms with Crippen LogP contribution < -0.4 is 10.6 Å². The van der Waals surface area contributed by atoms with Crippen LogP contribution in [0.5, 0.6) is 0 Å². The minimum Gasteiger partial charge on any atom is -0.356 e. The molecule has 0 spiro atoms. The van der Waals surface area contributed by atoms with Gasteiger partial charge in [-0.1, -0.05) is 55.4 Å². The van der Waals surface area contributed by atoms with Crippen LogP contribution in [0.2, 0.25) is 0 Å². The van der Waals surface area contributed by atoms with Gasteiger partial charge in [0.05, 0.1) is 0 Å². The van der Waals surface area contributed by atoms with E-state index >= 15 is 0 Å². The van der Waals surface area contributed by atoms with Crippen LogP contribution >= 0.6 is 0 Å². The largest absolute Gasteiger partial charge is 0.356 e. The fourth-order valence-corrected chi connectivity index (χ4v) is 2.47. The molecule has 1 aliphatic rings. The molecule has 1 fully saturated rings. The average molecular weight is 301 g/mol. The van der Waals surface area contributed by atoms with Gasteiger partial charge >= 0.3 is 0 Å². The Morgan fingerprint density at radius 1 is 1.05 bits per heavy atom. The number of nitrogens with one attached hydrogen (secondary N) is 2. The summed E-state index contributed by atoms with van der Waals surface area (Å²) in [5.41, 5.74) is 0. The van der Waals surface area contributed by atoms with Crippen molar-refractivity contribution in [3.63, 3.8) is 0 Å². The van der Waals surface area contributed by atoms with Crippen molar-refractivity contribution in [3.05, 3.63) is 0 Å². The Labute approximate surface area is 133 Å². The zero-order chi connectivity index (χ0) is 16.8. The lowest BCUT2D eigenvalue weighted by molar-refractivity contribution is -0.124. The average Bonchev–Trinajstić information content (AvgIpc) is 2.90. The quantitative estimate of drug-likeness (QED) is 0.765. The second-order valence-electron chi connectivity index (χ2n) is 6.00. The van der Waals surface area contributed by atoms with Crippen molar-refractivity contribution in [1.29, 1.82) is 0 Å². The number of amides is 1. The van der Waals surface area contributed by atoms with Gasteiger partial charge < -0.3 is 10.6 Å². The molecule has 0 aromatic carbocycles. The second-order valence-corrected chi connectivity index (χ2v) is 6.00. The van der Waals surface area contributed by atoms with Gasteiger partial charge in [-0.05, 0) is 31.6 Å². The molecular weight excluding hydrogens is 260 g/mol. The summed E-state index contributed by atoms with van der Waals surface area (Å²) in [4.78, 5) is 11.9. The molecule has 1 rings (SSSR count). The molecule has 1 amide bonds. The standard InChI is InChI=1S/C14H28N2O.2C2H6/c1-10(2)7-8-15-14(17)12-5-6-13(9-12)16-11(3)4;2*1-2/h10-13,16H,5-9H2,1-4H3,(H,15,17);2*1-2H3/t12-,13+;;/m0../s1. The van der Waals surface area contributed by atoms with Gasteiger partial charge in [-0.3, -0.25) is 4.79 Å². The van der Waals surface area contributed by atoms with Gasteiger partial charge in [0.2, 0.25) is 5.91 Å². The van der Waals surface area contributed by atoms with Crippen LogP contribution in [0.15, 0.2) is 0 Å². The summed E-state index contributed by atoms with van der Waals surface area (Å²) in [7, 11) is 0. The van der Waals surface area contributed by atoms with Crippen molar-refractivity contribution in [2.24, 2.45) is 11.8 Å². The molecule has 0 saturated heterocycles. The van der Waals surface area contributed by atoms with Crippen molar-refractivity contribution in [1.82, 2.24) is 10.6 Å². The van der Waals surface area contributed by atoms with Gasteiger partial charge in [-0.25, -0.2) is 0 Å². The molecular formula is C18H40N2O. The van der Waals surface area contributed by atoms with Gasteiger partial charge in [0, 0.05) is 24.5 Å². The monoisotopic (exact) mass is 300 g/mol. The fourth-order valence-electron chi connectivity index (χ4n) is 2.47. The first-order valence-corrected chi connectivity index (χ1v) is 9.02. The van der Waals surface area contributed by atoms with Crippen LogP contribution in [-0.4, -0.2) is 24.5 Å². The third kappa shape index (κ3) is 11.7. The van der Waals surface area contributed by atoms with Gasteiger partial charge in [0.1, 0.15) is 0 Å². The van der Waals surface area contributed by atoms with E-state index in [0.717, 1.165) is 32.2 Å². The van der Waals surface area contributed by atoms with E-state index in [0.29, 0.717) is 18.0 Å². The molecule has 3 nitrogen and oxygen atoms in total. The fraction of sp³-hybridized carbons (Fsp3) is 0.944. The first-order valence-electron chi connectivity index (χ1n) is 9.02. The van der Waals surface area contributed by atoms with Crippen molar-refractivity contribution >= 4 is 5.91 Å². The highest BCUT2D eigenvalue weighted by molar-refractivity contribution is 5.78. The summed E-state index contributed by atoms with van der Waals surface area (Å²) in [5.74, 6) is 1.16. The van der Waals surface area contributed by atoms with E-state index in [1.54, 1.807) is 0 Å². The SMILES string of the molecule is CC.CC.CC(C)CCNC(=O)[C@H]1CC[C@@H](NC(C)C)C1. The first kappa shape index (κ1) is 22.7. The lowest BCUT2D eigenvalue weighted by Crippen LogP contribution is -2.35. The van der Waals surface area contributed by atoms with Gasteiger partial charge in [-0.15, -0.1) is 0 Å². The van der Waals surface area contributed by atoms with E-state index in [9.17, 15) is 4.79 Å². The molecule has 2 atom stereocenters. The summed E-state index contributed by atoms with van der Waals surface area (Å²) in [6.45, 7) is 17.5. The number of hydrogen-bond acceptors (Lipinski definition) is 2. The summed E-state index contributed by atoms with van der Waals surface area (Å²) < 4.78 is 0. The molecule has 0 bridgehead atoms. The van der Waals surface area contributed by atoms with Crippen LogP contribution in [0.25, 0.3) is 0 Å². The highest BCUT2D eigenvalue weighted by Crippen LogP contribution is 2.26. The Hall–Kier alpha value is -0.570. The lowest BCUT2D eigenvalue weighted by Gasteiger charge is -2.16. The highest BCUT2D eigenvalue weighted by Gasteiger charge is 2.29. The van der Waals surface area contributed by atoms with Crippen molar-refractivity contribution in [3.8, 4) is 0 Å². The predicted octanol–water partition coefficient (Wildman–Crippen LogP) is 4.37. The maximum atomic E-state index is 11.9. The molecule has 0 aliphatic heterocycles. The van der Waals surface area contributed by atoms with Crippen molar-refractivity contribution in [2.45, 2.75) is 93.2 Å². The summed E-state index contributed by atoms with van der Waals surface area (Å²) in [6, 6.07) is 1.05. The minimum absolute atomic E-state index is 0.235. The summed E-state index contributed by atoms with van der Waals surface area (Å²) >= 11 is 0. The van der Waals surface area contributed by atoms with E-state index in [-0.39, 0.29) is 11.8 Å². The van der Waals surface area contributed by atoms with Crippen LogP contribution in [0.1, 0.15) is 81.1 Å². The van der Waals surface area contributed by atoms with E-state index in [2.05, 4.69) is 38.3 Å². The summed E-state index contributed by atoms with van der Waals surface area (Å²) in [6.07, 6.45) is 4.26. The molecule has 128 valence electrons. The van der Waals surface area contributed by atoms with Crippen LogP contribution in [-0.2, 0) is 4.79 Å². The normalized spacial score (nSPS) is 20.5. The molecule has 3 heteroatoms. The van der Waals surface area contributed by atoms with Gasteiger partial charge in [-0.2, -0.15) is 0 Å². The molecule has 0 heterocycles. The molecule has 21 heavy (non-hydrogen) atoms. The van der Waals surface area contributed by atoms with Gasteiger partial charge in [0.15, 0.2) is 0 Å². The van der Waals surface area contributed by atoms with Crippen LogP contribution in [0.4, 0.5) is 0 Å². The predicted molar refractivity (Wildman–Crippen MR) is 94.6 cm³/mol. The van der Waals surface area contributed by atoms with E-state index in [1.165, 1.54) is 0 Å². The van der Waals surface area contributed by atoms with E-state index in [4.69, 9.17) is 0 Å². The molecule has 1 aliphatic carbocycles. The van der Waals surface area contributed by atoms with Crippen LogP contribution in [0, 0.1) is 11.8 Å². The lowest BCUT2D eigenvalue weighted by atomic mass is 10.1. The third-order valence-corrected chi connectivity index (χ3v) is 3.39. The molecule has 0 aromatic heterocycles. The Balaban J connectivity index is 0. The van der Waals surface area contributed by atoms with E-state index in [1.807, 2.05) is 27.7 Å². The molecule has 1 saturated carbocycles. The number of rotatable bonds is 6. The Bertz CT molecular complexity index is 239. The van der Waals surface area contributed by atoms with Gasteiger partial charge in [0.25, 0.3) is 0 Å². The number of hydrogen-bond donors (Lipinski definition) is 2. The maximum absolute atomic E-state index is 11.9. The number of carbonyl (C=O) groups is 1. The molecule has 0 aromatic rings. The van der Waals surface area contributed by atoms with Crippen LogP contribution in [0.3, 0.4) is 0 Å². The molecule has 2 N–H and O–H groups in total. The first-order chi connectivity index (χ1) is 9.99. The highest BCUT2D eigenvalue weighted by atomic mass is 16.1. The zero-order valence-electron chi connectivity index (χ0n) is 15.8. The van der Waals surface area contributed by atoms with Crippen molar-refractivity contribution < 1.29 is 4.79 Å². The maximum Gasteiger partial charge on any atom is 0.223 e. The topological polar surface area (TPSA) is 41.1 Å². The number of carbonyl (C=O) groups excluding carboxylic acids is 1. The molecule has 0 radical (unpaired) electrons. The second kappa shape index (κ2) is 14.4.